The van der Waals surface area contributed by atoms with Gasteiger partial charge in [0.05, 0.1) is 18.8 Å². The number of rotatable bonds is 18. The summed E-state index contributed by atoms with van der Waals surface area (Å²) >= 11 is 13.5. The molecule has 0 bridgehead atoms. The average molecular weight is 659 g/mol. The summed E-state index contributed by atoms with van der Waals surface area (Å²) in [5.41, 5.74) is 5.73. The summed E-state index contributed by atoms with van der Waals surface area (Å²) < 4.78 is 6.26. The number of hydrogen-bond acceptors (Lipinski definition) is 7. The summed E-state index contributed by atoms with van der Waals surface area (Å²) in [5.74, 6) is 0.944. The molecule has 0 amide bonds. The summed E-state index contributed by atoms with van der Waals surface area (Å²) in [5, 5.41) is 49.6. The standard InChI is InChI=1S/C36H45Cl2NO6/c37-29-20-24(30(38)19-23(29)7-3-1-2-4-9-31(41)34(43)35(44)32(42)22-40)13-15-36(16-17-36)28-21-39-18-14-26(28)27-8-5-6-10-33(27)45-25-11-12-25/h5-6,8,10,14,18-21,25,31-32,34-35,40-44H,1-4,7,9,11-13,15-17,22H2/t31-,32+,34+,35+/m0/s1. The SMILES string of the molecule is OC[C@@H](O)[C@@H](O)[C@H](O)[C@@H](O)CCCCCCc1cc(Cl)c(CCC2(c3cnccc3-c3ccccc3OC3CC3)CC2)cc1Cl. The molecule has 1 aromatic heterocycles. The Morgan fingerprint density at radius 2 is 1.49 bits per heavy atom. The van der Waals surface area contributed by atoms with E-state index in [1.807, 2.05) is 30.6 Å². The third kappa shape index (κ3) is 8.77. The largest absolute Gasteiger partial charge is 0.490 e. The van der Waals surface area contributed by atoms with Crippen LogP contribution in [0.25, 0.3) is 11.1 Å². The minimum Gasteiger partial charge on any atom is -0.490 e. The first-order valence-corrected chi connectivity index (χ1v) is 17.0. The molecule has 9 heteroatoms. The van der Waals surface area contributed by atoms with Crippen molar-refractivity contribution in [3.63, 3.8) is 0 Å². The highest BCUT2D eigenvalue weighted by molar-refractivity contribution is 6.34. The number of nitrogens with zero attached hydrogens (tertiary/aromatic N) is 1. The molecule has 0 spiro atoms. The van der Waals surface area contributed by atoms with Crippen molar-refractivity contribution in [2.75, 3.05) is 6.61 Å². The first-order chi connectivity index (χ1) is 21.7. The maximum atomic E-state index is 10.1. The van der Waals surface area contributed by atoms with Gasteiger partial charge in [-0.1, -0.05) is 60.7 Å². The molecule has 0 unspecified atom stereocenters. The zero-order chi connectivity index (χ0) is 32.0. The molecule has 3 aromatic rings. The number of aryl methyl sites for hydroxylation is 2. The normalized spacial score (nSPS) is 18.3. The van der Waals surface area contributed by atoms with E-state index < -0.39 is 31.0 Å². The molecular formula is C36H45Cl2NO6. The van der Waals surface area contributed by atoms with E-state index >= 15 is 0 Å². The van der Waals surface area contributed by atoms with Crippen molar-refractivity contribution < 1.29 is 30.3 Å². The molecule has 0 radical (unpaired) electrons. The first-order valence-electron chi connectivity index (χ1n) is 16.2. The van der Waals surface area contributed by atoms with Gasteiger partial charge in [0, 0.05) is 28.0 Å². The van der Waals surface area contributed by atoms with Crippen LogP contribution in [0.1, 0.15) is 80.9 Å². The quantitative estimate of drug-likeness (QED) is 0.103. The van der Waals surface area contributed by atoms with Crippen molar-refractivity contribution in [3.8, 4) is 16.9 Å². The molecular weight excluding hydrogens is 613 g/mol. The molecule has 0 saturated heterocycles. The second kappa shape index (κ2) is 15.6. The Kier molecular flexibility index (Phi) is 11.8. The van der Waals surface area contributed by atoms with Gasteiger partial charge in [-0.05, 0) is 110 Å². The fourth-order valence-electron chi connectivity index (χ4n) is 6.16. The molecule has 244 valence electrons. The van der Waals surface area contributed by atoms with Crippen LogP contribution in [-0.4, -0.2) is 67.6 Å². The van der Waals surface area contributed by atoms with Crippen molar-refractivity contribution in [1.29, 1.82) is 0 Å². The van der Waals surface area contributed by atoms with Gasteiger partial charge in [0.2, 0.25) is 0 Å². The fourth-order valence-corrected chi connectivity index (χ4v) is 6.72. The number of hydrogen-bond donors (Lipinski definition) is 5. The van der Waals surface area contributed by atoms with Crippen molar-refractivity contribution >= 4 is 23.2 Å². The lowest BCUT2D eigenvalue weighted by atomic mass is 9.85. The third-order valence-corrected chi connectivity index (χ3v) is 10.1. The van der Waals surface area contributed by atoms with Crippen LogP contribution in [0, 0.1) is 0 Å². The number of aromatic nitrogens is 1. The molecule has 1 heterocycles. The van der Waals surface area contributed by atoms with Crippen LogP contribution in [0.5, 0.6) is 5.75 Å². The second-order valence-electron chi connectivity index (χ2n) is 12.8. The monoisotopic (exact) mass is 657 g/mol. The Morgan fingerprint density at radius 1 is 0.822 bits per heavy atom. The number of ether oxygens (including phenoxy) is 1. The molecule has 2 aliphatic rings. The lowest BCUT2D eigenvalue weighted by Gasteiger charge is -2.25. The maximum Gasteiger partial charge on any atom is 0.127 e. The Labute approximate surface area is 275 Å². The minimum atomic E-state index is -1.59. The summed E-state index contributed by atoms with van der Waals surface area (Å²) in [6.45, 7) is -0.683. The van der Waals surface area contributed by atoms with Crippen molar-refractivity contribution in [3.05, 3.63) is 81.6 Å². The number of pyridine rings is 1. The summed E-state index contributed by atoms with van der Waals surface area (Å²) in [6.07, 6.45) is 9.12. The van der Waals surface area contributed by atoms with E-state index in [1.165, 1.54) is 11.1 Å². The van der Waals surface area contributed by atoms with Gasteiger partial charge in [0.15, 0.2) is 0 Å². The van der Waals surface area contributed by atoms with Crippen LogP contribution < -0.4 is 4.74 Å². The van der Waals surface area contributed by atoms with Crippen molar-refractivity contribution in [2.45, 2.75) is 113 Å². The van der Waals surface area contributed by atoms with Gasteiger partial charge >= 0.3 is 0 Å². The van der Waals surface area contributed by atoms with Gasteiger partial charge in [-0.3, -0.25) is 4.98 Å². The molecule has 2 aliphatic carbocycles. The molecule has 4 atom stereocenters. The molecule has 5 rings (SSSR count). The minimum absolute atomic E-state index is 0.0606. The number of unbranched alkanes of at least 4 members (excludes halogenated alkanes) is 3. The van der Waals surface area contributed by atoms with Gasteiger partial charge in [0.25, 0.3) is 0 Å². The molecule has 0 aliphatic heterocycles. The number of halogens is 2. The highest BCUT2D eigenvalue weighted by Crippen LogP contribution is 2.55. The smallest absolute Gasteiger partial charge is 0.127 e. The summed E-state index contributed by atoms with van der Waals surface area (Å²) in [4.78, 5) is 4.52. The predicted octanol–water partition coefficient (Wildman–Crippen LogP) is 6.19. The van der Waals surface area contributed by atoms with E-state index in [1.54, 1.807) is 0 Å². The van der Waals surface area contributed by atoms with E-state index in [9.17, 15) is 20.4 Å². The third-order valence-electron chi connectivity index (χ3n) is 9.35. The van der Waals surface area contributed by atoms with Crippen LogP contribution in [-0.2, 0) is 18.3 Å². The lowest BCUT2D eigenvalue weighted by molar-refractivity contribution is -0.116. The van der Waals surface area contributed by atoms with Gasteiger partial charge in [-0.25, -0.2) is 0 Å². The van der Waals surface area contributed by atoms with E-state index in [2.05, 4.69) is 29.2 Å². The highest BCUT2D eigenvalue weighted by Gasteiger charge is 2.45. The van der Waals surface area contributed by atoms with Gasteiger partial charge in [-0.15, -0.1) is 0 Å². The van der Waals surface area contributed by atoms with Gasteiger partial charge in [-0.2, -0.15) is 0 Å². The Morgan fingerprint density at radius 3 is 2.18 bits per heavy atom. The number of benzene rings is 2. The Balaban J connectivity index is 1.13. The van der Waals surface area contributed by atoms with Gasteiger partial charge in [0.1, 0.15) is 24.1 Å². The Hall–Kier alpha value is -2.23. The zero-order valence-corrected chi connectivity index (χ0v) is 27.1. The van der Waals surface area contributed by atoms with Gasteiger partial charge < -0.3 is 30.3 Å². The molecule has 2 fully saturated rings. The molecule has 45 heavy (non-hydrogen) atoms. The van der Waals surface area contributed by atoms with E-state index in [4.69, 9.17) is 33.0 Å². The van der Waals surface area contributed by atoms with Crippen LogP contribution in [0.3, 0.4) is 0 Å². The Bertz CT molecular complexity index is 1410. The molecule has 2 saturated carbocycles. The zero-order valence-electron chi connectivity index (χ0n) is 25.6. The van der Waals surface area contributed by atoms with Crippen LogP contribution in [0.2, 0.25) is 10.0 Å². The van der Waals surface area contributed by atoms with E-state index in [-0.39, 0.29) is 5.41 Å². The molecule has 7 nitrogen and oxygen atoms in total. The van der Waals surface area contributed by atoms with Crippen molar-refractivity contribution in [1.82, 2.24) is 4.98 Å². The molecule has 5 N–H and O–H groups in total. The van der Waals surface area contributed by atoms with E-state index in [0.717, 1.165) is 96.7 Å². The fraction of sp³-hybridized carbons (Fsp3) is 0.528. The maximum absolute atomic E-state index is 10.1. The highest BCUT2D eigenvalue weighted by atomic mass is 35.5. The lowest BCUT2D eigenvalue weighted by Crippen LogP contribution is -2.45. The topological polar surface area (TPSA) is 123 Å². The predicted molar refractivity (Wildman–Crippen MR) is 177 cm³/mol. The number of aliphatic hydroxyl groups excluding tert-OH is 5. The average Bonchev–Trinajstić information content (AvgIpc) is 4.00. The second-order valence-corrected chi connectivity index (χ2v) is 13.6. The summed E-state index contributed by atoms with van der Waals surface area (Å²) in [7, 11) is 0. The van der Waals surface area contributed by atoms with Crippen molar-refractivity contribution in [2.24, 2.45) is 0 Å². The van der Waals surface area contributed by atoms with Crippen LogP contribution >= 0.6 is 23.2 Å². The number of aliphatic hydroxyl groups is 5. The summed E-state index contributed by atoms with van der Waals surface area (Å²) in [6, 6.07) is 14.4. The number of para-hydroxylation sites is 1. The van der Waals surface area contributed by atoms with Crippen LogP contribution in [0.4, 0.5) is 0 Å². The first kappa shape index (κ1) is 34.1. The molecule has 2 aromatic carbocycles. The van der Waals surface area contributed by atoms with E-state index in [0.29, 0.717) is 18.9 Å². The van der Waals surface area contributed by atoms with Crippen LogP contribution in [0.15, 0.2) is 54.9 Å².